The van der Waals surface area contributed by atoms with Crippen LogP contribution in [-0.4, -0.2) is 21.1 Å². The van der Waals surface area contributed by atoms with Crippen molar-refractivity contribution in [1.82, 2.24) is 9.55 Å². The molecule has 3 nitrogen and oxygen atoms in total. The van der Waals surface area contributed by atoms with Gasteiger partial charge < -0.3 is 10.3 Å². The molecule has 0 amide bonds. The highest BCUT2D eigenvalue weighted by atomic mass is 32.2. The minimum Gasteiger partial charge on any atom is -0.369 e. The van der Waals surface area contributed by atoms with Crippen LogP contribution in [0.25, 0.3) is 11.0 Å². The Hall–Kier alpha value is -1.16. The second-order valence-electron chi connectivity index (χ2n) is 4.62. The summed E-state index contributed by atoms with van der Waals surface area (Å²) in [5.74, 6) is 2.97. The fourth-order valence-electron chi connectivity index (χ4n) is 2.31. The second kappa shape index (κ2) is 5.65. The molecule has 0 fully saturated rings. The van der Waals surface area contributed by atoms with Crippen molar-refractivity contribution in [3.05, 3.63) is 23.8 Å². The van der Waals surface area contributed by atoms with E-state index in [9.17, 15) is 0 Å². The molecule has 1 aromatic heterocycles. The van der Waals surface area contributed by atoms with Crippen molar-refractivity contribution >= 4 is 28.7 Å². The molecule has 0 bridgehead atoms. The lowest BCUT2D eigenvalue weighted by Crippen LogP contribution is -2.10. The van der Waals surface area contributed by atoms with Crippen molar-refractivity contribution < 1.29 is 0 Å². The number of benzene rings is 1. The number of hydrogen-bond donors (Lipinski definition) is 1. The Balaban J connectivity index is 2.34. The Bertz CT molecular complexity index is 533. The third kappa shape index (κ3) is 2.48. The normalized spacial score (nSPS) is 13.1. The average Bonchev–Trinajstić information content (AvgIpc) is 2.67. The summed E-state index contributed by atoms with van der Waals surface area (Å²) in [5, 5.41) is 0. The van der Waals surface area contributed by atoms with E-state index in [4.69, 9.17) is 5.73 Å². The Labute approximate surface area is 113 Å². The van der Waals surface area contributed by atoms with Crippen molar-refractivity contribution in [3.8, 4) is 0 Å². The maximum Gasteiger partial charge on any atom is 0.201 e. The number of imidazole rings is 1. The molecule has 0 aliphatic carbocycles. The van der Waals surface area contributed by atoms with Crippen molar-refractivity contribution in [1.29, 1.82) is 0 Å². The van der Waals surface area contributed by atoms with Crippen LogP contribution in [0.1, 0.15) is 31.9 Å². The van der Waals surface area contributed by atoms with Crippen LogP contribution < -0.4 is 5.73 Å². The first-order chi connectivity index (χ1) is 8.65. The van der Waals surface area contributed by atoms with E-state index in [1.54, 1.807) is 0 Å². The zero-order chi connectivity index (χ0) is 13.1. The smallest absolute Gasteiger partial charge is 0.201 e. The van der Waals surface area contributed by atoms with Crippen LogP contribution in [0.15, 0.2) is 18.2 Å². The molecule has 1 aromatic carbocycles. The fraction of sp³-hybridized carbons (Fsp3) is 0.500. The van der Waals surface area contributed by atoms with Crippen LogP contribution in [0.5, 0.6) is 0 Å². The molecule has 4 heteroatoms. The van der Waals surface area contributed by atoms with Gasteiger partial charge in [-0.05, 0) is 43.4 Å². The number of anilines is 1. The third-order valence-corrected chi connectivity index (χ3v) is 4.20. The molecular formula is C14H21N3S. The molecule has 98 valence electrons. The van der Waals surface area contributed by atoms with Crippen LogP contribution in [0.2, 0.25) is 0 Å². The van der Waals surface area contributed by atoms with Gasteiger partial charge in [0, 0.05) is 6.04 Å². The highest BCUT2D eigenvalue weighted by Crippen LogP contribution is 2.27. The van der Waals surface area contributed by atoms with E-state index in [0.717, 1.165) is 11.9 Å². The first-order valence-corrected chi connectivity index (χ1v) is 7.61. The predicted octanol–water partition coefficient (Wildman–Crippen LogP) is 3.63. The van der Waals surface area contributed by atoms with Gasteiger partial charge in [-0.2, -0.15) is 11.8 Å². The predicted molar refractivity (Wildman–Crippen MR) is 81.2 cm³/mol. The number of hydrogen-bond acceptors (Lipinski definition) is 3. The van der Waals surface area contributed by atoms with E-state index in [1.807, 2.05) is 23.9 Å². The van der Waals surface area contributed by atoms with Crippen LogP contribution in [0, 0.1) is 6.92 Å². The van der Waals surface area contributed by atoms with E-state index in [0.29, 0.717) is 12.0 Å². The molecule has 1 atom stereocenters. The van der Waals surface area contributed by atoms with Gasteiger partial charge in [-0.1, -0.05) is 19.1 Å². The van der Waals surface area contributed by atoms with Gasteiger partial charge in [0.2, 0.25) is 5.95 Å². The quantitative estimate of drug-likeness (QED) is 0.838. The largest absolute Gasteiger partial charge is 0.369 e. The Morgan fingerprint density at radius 1 is 1.44 bits per heavy atom. The van der Waals surface area contributed by atoms with Gasteiger partial charge in [0.1, 0.15) is 0 Å². The second-order valence-corrected chi connectivity index (χ2v) is 6.01. The monoisotopic (exact) mass is 263 g/mol. The molecule has 2 rings (SSSR count). The van der Waals surface area contributed by atoms with Crippen molar-refractivity contribution in [3.63, 3.8) is 0 Å². The Morgan fingerprint density at radius 3 is 2.94 bits per heavy atom. The maximum atomic E-state index is 6.07. The summed E-state index contributed by atoms with van der Waals surface area (Å²) in [4.78, 5) is 4.46. The molecule has 0 saturated carbocycles. The van der Waals surface area contributed by atoms with Crippen LogP contribution in [-0.2, 0) is 0 Å². The molecule has 2 aromatic rings. The lowest BCUT2D eigenvalue weighted by molar-refractivity contribution is 0.555. The number of nitrogens with zero attached hydrogens (tertiary/aromatic N) is 2. The zero-order valence-corrected chi connectivity index (χ0v) is 12.1. The number of aryl methyl sites for hydroxylation is 1. The number of nitrogens with two attached hydrogens (primary N) is 1. The summed E-state index contributed by atoms with van der Waals surface area (Å²) < 4.78 is 2.18. The van der Waals surface area contributed by atoms with Gasteiger partial charge in [0.05, 0.1) is 11.0 Å². The zero-order valence-electron chi connectivity index (χ0n) is 11.3. The lowest BCUT2D eigenvalue weighted by atomic mass is 10.2. The summed E-state index contributed by atoms with van der Waals surface area (Å²) in [6.07, 6.45) is 1.13. The van der Waals surface area contributed by atoms with Crippen LogP contribution in [0.3, 0.4) is 0 Å². The van der Waals surface area contributed by atoms with Gasteiger partial charge in [0.25, 0.3) is 0 Å². The first-order valence-electron chi connectivity index (χ1n) is 6.46. The highest BCUT2D eigenvalue weighted by Gasteiger charge is 2.15. The molecule has 1 unspecified atom stereocenters. The Morgan fingerprint density at radius 2 is 2.22 bits per heavy atom. The third-order valence-electron chi connectivity index (χ3n) is 3.26. The fourth-order valence-corrected chi connectivity index (χ4v) is 3.11. The van der Waals surface area contributed by atoms with Gasteiger partial charge in [0.15, 0.2) is 0 Å². The van der Waals surface area contributed by atoms with Crippen LogP contribution in [0.4, 0.5) is 5.95 Å². The number of rotatable bonds is 5. The van der Waals surface area contributed by atoms with E-state index in [1.165, 1.54) is 22.6 Å². The average molecular weight is 263 g/mol. The molecule has 0 spiro atoms. The van der Waals surface area contributed by atoms with Crippen molar-refractivity contribution in [2.45, 2.75) is 33.2 Å². The minimum atomic E-state index is 0.398. The first kappa shape index (κ1) is 13.3. The summed E-state index contributed by atoms with van der Waals surface area (Å²) >= 11 is 1.97. The number of nitrogen functional groups attached to an aromatic ring is 1. The van der Waals surface area contributed by atoms with Crippen molar-refractivity contribution in [2.75, 3.05) is 17.2 Å². The van der Waals surface area contributed by atoms with Gasteiger partial charge in [-0.3, -0.25) is 0 Å². The summed E-state index contributed by atoms with van der Waals surface area (Å²) in [6.45, 7) is 6.54. The summed E-state index contributed by atoms with van der Waals surface area (Å²) in [5.41, 5.74) is 9.50. The van der Waals surface area contributed by atoms with E-state index >= 15 is 0 Å². The lowest BCUT2D eigenvalue weighted by Gasteiger charge is -2.16. The molecule has 0 aliphatic heterocycles. The SMILES string of the molecule is CCSCCC(C)n1c(N)nc2cccc(C)c21. The molecule has 2 N–H and O–H groups in total. The standard InChI is InChI=1S/C14H21N3S/c1-4-18-9-8-11(3)17-13-10(2)6-5-7-12(13)16-14(17)15/h5-7,11H,4,8-9H2,1-3H3,(H2,15,16). The topological polar surface area (TPSA) is 43.8 Å². The van der Waals surface area contributed by atoms with Gasteiger partial charge in [-0.25, -0.2) is 4.98 Å². The van der Waals surface area contributed by atoms with E-state index < -0.39 is 0 Å². The molecular weight excluding hydrogens is 242 g/mol. The van der Waals surface area contributed by atoms with Gasteiger partial charge >= 0.3 is 0 Å². The van der Waals surface area contributed by atoms with E-state index in [-0.39, 0.29) is 0 Å². The molecule has 0 saturated heterocycles. The molecule has 18 heavy (non-hydrogen) atoms. The van der Waals surface area contributed by atoms with Gasteiger partial charge in [-0.15, -0.1) is 0 Å². The van der Waals surface area contributed by atoms with Crippen LogP contribution >= 0.6 is 11.8 Å². The van der Waals surface area contributed by atoms with E-state index in [2.05, 4.69) is 36.4 Å². The maximum absolute atomic E-state index is 6.07. The minimum absolute atomic E-state index is 0.398. The molecule has 0 aliphatic rings. The molecule has 0 radical (unpaired) electrons. The Kier molecular flexibility index (Phi) is 4.17. The number of aromatic nitrogens is 2. The number of thioether (sulfide) groups is 1. The summed E-state index contributed by atoms with van der Waals surface area (Å²) in [7, 11) is 0. The summed E-state index contributed by atoms with van der Waals surface area (Å²) in [6, 6.07) is 6.58. The molecule has 1 heterocycles. The number of para-hydroxylation sites is 1. The number of fused-ring (bicyclic) bond motifs is 1. The van der Waals surface area contributed by atoms with Crippen molar-refractivity contribution in [2.24, 2.45) is 0 Å². The highest BCUT2D eigenvalue weighted by molar-refractivity contribution is 7.99.